The van der Waals surface area contributed by atoms with E-state index in [2.05, 4.69) is 10.3 Å². The summed E-state index contributed by atoms with van der Waals surface area (Å²) in [5.41, 5.74) is -0.994. The number of alkyl halides is 3. The normalized spacial score (nSPS) is 14.8. The molecule has 0 aliphatic rings. The Kier molecular flexibility index (Phi) is 4.88. The molecule has 1 aromatic heterocycles. The van der Waals surface area contributed by atoms with Gasteiger partial charge in [0.25, 0.3) is 5.91 Å². The van der Waals surface area contributed by atoms with Gasteiger partial charge in [-0.2, -0.15) is 13.2 Å². The Bertz CT molecular complexity index is 430. The number of amides is 1. The van der Waals surface area contributed by atoms with Crippen molar-refractivity contribution in [3.8, 4) is 0 Å². The van der Waals surface area contributed by atoms with E-state index in [4.69, 9.17) is 5.11 Å². The average Bonchev–Trinajstić information content (AvgIpc) is 2.26. The number of hydrogen-bond acceptors (Lipinski definition) is 3. The van der Waals surface area contributed by atoms with Gasteiger partial charge in [0.05, 0.1) is 11.7 Å². The Morgan fingerprint density at radius 3 is 2.47 bits per heavy atom. The Morgan fingerprint density at radius 2 is 2.05 bits per heavy atom. The summed E-state index contributed by atoms with van der Waals surface area (Å²) < 4.78 is 36.9. The Balaban J connectivity index is 2.68. The maximum Gasteiger partial charge on any atom is 0.417 e. The minimum Gasteiger partial charge on any atom is -0.393 e. The van der Waals surface area contributed by atoms with Gasteiger partial charge in [0, 0.05) is 12.2 Å². The second-order valence-corrected chi connectivity index (χ2v) is 4.39. The molecule has 1 heterocycles. The van der Waals surface area contributed by atoms with E-state index < -0.39 is 23.8 Å². The molecule has 0 radical (unpaired) electrons. The highest BCUT2D eigenvalue weighted by Crippen LogP contribution is 2.28. The van der Waals surface area contributed by atoms with Crippen molar-refractivity contribution in [1.82, 2.24) is 10.3 Å². The molecule has 2 atom stereocenters. The highest BCUT2D eigenvalue weighted by atomic mass is 19.4. The lowest BCUT2D eigenvalue weighted by Crippen LogP contribution is -2.35. The first kappa shape index (κ1) is 15.4. The Labute approximate surface area is 108 Å². The highest BCUT2D eigenvalue weighted by Gasteiger charge is 2.30. The molecule has 1 amide bonds. The van der Waals surface area contributed by atoms with Crippen molar-refractivity contribution in [2.24, 2.45) is 0 Å². The summed E-state index contributed by atoms with van der Waals surface area (Å²) in [4.78, 5) is 15.1. The molecular formula is C12H15F3N2O2. The van der Waals surface area contributed by atoms with Gasteiger partial charge in [0.2, 0.25) is 0 Å². The maximum absolute atomic E-state index is 12.3. The number of hydrogen-bond donors (Lipinski definition) is 2. The third kappa shape index (κ3) is 4.86. The highest BCUT2D eigenvalue weighted by molar-refractivity contribution is 5.92. The summed E-state index contributed by atoms with van der Waals surface area (Å²) >= 11 is 0. The largest absolute Gasteiger partial charge is 0.417 e. The van der Waals surface area contributed by atoms with Gasteiger partial charge in [0.15, 0.2) is 0 Å². The van der Waals surface area contributed by atoms with E-state index in [9.17, 15) is 18.0 Å². The number of nitrogens with zero attached hydrogens (tertiary/aromatic N) is 1. The third-order valence-electron chi connectivity index (χ3n) is 2.40. The fourth-order valence-corrected chi connectivity index (χ4v) is 1.56. The van der Waals surface area contributed by atoms with Crippen LogP contribution in [0.15, 0.2) is 18.3 Å². The van der Waals surface area contributed by atoms with Crippen molar-refractivity contribution in [3.05, 3.63) is 29.6 Å². The van der Waals surface area contributed by atoms with Gasteiger partial charge < -0.3 is 10.4 Å². The van der Waals surface area contributed by atoms with Crippen LogP contribution in [-0.4, -0.2) is 28.1 Å². The van der Waals surface area contributed by atoms with Gasteiger partial charge in [-0.05, 0) is 32.4 Å². The van der Waals surface area contributed by atoms with E-state index in [-0.39, 0.29) is 11.7 Å². The predicted molar refractivity (Wildman–Crippen MR) is 62.5 cm³/mol. The first-order valence-electron chi connectivity index (χ1n) is 5.72. The Hall–Kier alpha value is -1.63. The molecule has 0 aliphatic heterocycles. The van der Waals surface area contributed by atoms with E-state index in [1.807, 2.05) is 0 Å². The summed E-state index contributed by atoms with van der Waals surface area (Å²) in [6.45, 7) is 3.27. The van der Waals surface area contributed by atoms with E-state index in [0.717, 1.165) is 12.1 Å². The van der Waals surface area contributed by atoms with Gasteiger partial charge in [-0.15, -0.1) is 0 Å². The van der Waals surface area contributed by atoms with Gasteiger partial charge in [-0.25, -0.2) is 0 Å². The van der Waals surface area contributed by atoms with E-state index in [0.29, 0.717) is 12.6 Å². The minimum absolute atomic E-state index is 0.0922. The van der Waals surface area contributed by atoms with Crippen LogP contribution in [0, 0.1) is 0 Å². The second kappa shape index (κ2) is 6.01. The number of pyridine rings is 1. The van der Waals surface area contributed by atoms with Gasteiger partial charge in [-0.1, -0.05) is 0 Å². The molecule has 0 bridgehead atoms. The first-order chi connectivity index (χ1) is 8.70. The number of carbonyl (C=O) groups is 1. The maximum atomic E-state index is 12.3. The molecule has 4 nitrogen and oxygen atoms in total. The van der Waals surface area contributed by atoms with E-state index in [1.165, 1.54) is 0 Å². The predicted octanol–water partition coefficient (Wildman–Crippen LogP) is 1.99. The van der Waals surface area contributed by atoms with Crippen LogP contribution in [0.4, 0.5) is 13.2 Å². The molecule has 0 aromatic carbocycles. The van der Waals surface area contributed by atoms with Crippen LogP contribution >= 0.6 is 0 Å². The zero-order valence-electron chi connectivity index (χ0n) is 10.5. The zero-order valence-corrected chi connectivity index (χ0v) is 10.5. The summed E-state index contributed by atoms with van der Waals surface area (Å²) in [6.07, 6.45) is -4.07. The fraction of sp³-hybridized carbons (Fsp3) is 0.500. The van der Waals surface area contributed by atoms with Crippen LogP contribution in [0.5, 0.6) is 0 Å². The van der Waals surface area contributed by atoms with Crippen molar-refractivity contribution in [3.63, 3.8) is 0 Å². The lowest BCUT2D eigenvalue weighted by molar-refractivity contribution is -0.137. The minimum atomic E-state index is -4.47. The summed E-state index contributed by atoms with van der Waals surface area (Å²) in [6, 6.07) is 1.53. The molecule has 0 saturated carbocycles. The van der Waals surface area contributed by atoms with Gasteiger partial charge >= 0.3 is 6.18 Å². The number of carbonyl (C=O) groups excluding carboxylic acids is 1. The number of rotatable bonds is 4. The van der Waals surface area contributed by atoms with Gasteiger partial charge in [0.1, 0.15) is 5.69 Å². The van der Waals surface area contributed by atoms with Crippen LogP contribution in [0.1, 0.15) is 36.3 Å². The standard InChI is InChI=1S/C12H15F3N2O2/c1-7(5-8(2)18)17-11(19)10-4-3-9(6-16-10)12(13,14)15/h3-4,6-8,18H,5H2,1-2H3,(H,17,19). The topological polar surface area (TPSA) is 62.2 Å². The number of halogens is 3. The molecule has 106 valence electrons. The molecule has 0 aliphatic carbocycles. The van der Waals surface area contributed by atoms with Crippen molar-refractivity contribution < 1.29 is 23.1 Å². The van der Waals surface area contributed by atoms with Crippen molar-refractivity contribution in [2.75, 3.05) is 0 Å². The van der Waals surface area contributed by atoms with Crippen LogP contribution in [0.25, 0.3) is 0 Å². The van der Waals surface area contributed by atoms with Crippen LogP contribution in [-0.2, 0) is 6.18 Å². The van der Waals surface area contributed by atoms with Crippen molar-refractivity contribution >= 4 is 5.91 Å². The summed E-state index contributed by atoms with van der Waals surface area (Å²) in [5, 5.41) is 11.7. The second-order valence-electron chi connectivity index (χ2n) is 4.39. The van der Waals surface area contributed by atoms with E-state index >= 15 is 0 Å². The number of aromatic nitrogens is 1. The summed E-state index contributed by atoms with van der Waals surface area (Å²) in [5.74, 6) is -0.568. The summed E-state index contributed by atoms with van der Waals surface area (Å²) in [7, 11) is 0. The molecule has 2 N–H and O–H groups in total. The van der Waals surface area contributed by atoms with Crippen molar-refractivity contribution in [2.45, 2.75) is 38.6 Å². The molecule has 2 unspecified atom stereocenters. The molecule has 0 fully saturated rings. The number of aliphatic hydroxyl groups is 1. The SMILES string of the molecule is CC(O)CC(C)NC(=O)c1ccc(C(F)(F)F)cn1. The Morgan fingerprint density at radius 1 is 1.42 bits per heavy atom. The smallest absolute Gasteiger partial charge is 0.393 e. The monoisotopic (exact) mass is 276 g/mol. The lowest BCUT2D eigenvalue weighted by Gasteiger charge is -2.15. The molecule has 0 saturated heterocycles. The first-order valence-corrected chi connectivity index (χ1v) is 5.72. The van der Waals surface area contributed by atoms with E-state index in [1.54, 1.807) is 13.8 Å². The van der Waals surface area contributed by atoms with Crippen LogP contribution < -0.4 is 5.32 Å². The fourth-order valence-electron chi connectivity index (χ4n) is 1.56. The zero-order chi connectivity index (χ0) is 14.6. The molecule has 1 aromatic rings. The molecule has 0 spiro atoms. The van der Waals surface area contributed by atoms with Crippen molar-refractivity contribution in [1.29, 1.82) is 0 Å². The molecule has 1 rings (SSSR count). The quantitative estimate of drug-likeness (QED) is 0.884. The third-order valence-corrected chi connectivity index (χ3v) is 2.40. The average molecular weight is 276 g/mol. The lowest BCUT2D eigenvalue weighted by atomic mass is 10.1. The molecule has 19 heavy (non-hydrogen) atoms. The van der Waals surface area contributed by atoms with Crippen LogP contribution in [0.2, 0.25) is 0 Å². The molecule has 7 heteroatoms. The molecular weight excluding hydrogens is 261 g/mol. The number of aliphatic hydroxyl groups excluding tert-OH is 1. The number of nitrogens with one attached hydrogen (secondary N) is 1. The van der Waals surface area contributed by atoms with Gasteiger partial charge in [-0.3, -0.25) is 9.78 Å². The van der Waals surface area contributed by atoms with Crippen LogP contribution in [0.3, 0.4) is 0 Å².